The van der Waals surface area contributed by atoms with Gasteiger partial charge in [-0.05, 0) is 12.8 Å². The standard InChI is InChI=1S/C12H19N3O2S2/c16-10-8-19-12(18)15(10)7-6-13-11(17)14-9-4-2-1-3-5-9/h9H,1-8H2,(H2,13,14,17). The van der Waals surface area contributed by atoms with E-state index in [1.54, 1.807) is 4.90 Å². The van der Waals surface area contributed by atoms with Crippen molar-refractivity contribution in [3.63, 3.8) is 0 Å². The smallest absolute Gasteiger partial charge is 0.315 e. The molecule has 106 valence electrons. The Morgan fingerprint density at radius 2 is 2.11 bits per heavy atom. The minimum Gasteiger partial charge on any atom is -0.336 e. The largest absolute Gasteiger partial charge is 0.336 e. The van der Waals surface area contributed by atoms with E-state index in [1.807, 2.05) is 0 Å². The van der Waals surface area contributed by atoms with Gasteiger partial charge < -0.3 is 10.6 Å². The molecule has 5 nitrogen and oxygen atoms in total. The Balaban J connectivity index is 1.63. The van der Waals surface area contributed by atoms with E-state index >= 15 is 0 Å². The summed E-state index contributed by atoms with van der Waals surface area (Å²) in [5, 5.41) is 5.76. The fraction of sp³-hybridized carbons (Fsp3) is 0.750. The van der Waals surface area contributed by atoms with Gasteiger partial charge in [-0.1, -0.05) is 43.2 Å². The zero-order valence-corrected chi connectivity index (χ0v) is 12.4. The maximum atomic E-state index is 11.7. The molecule has 19 heavy (non-hydrogen) atoms. The van der Waals surface area contributed by atoms with Gasteiger partial charge in [0.25, 0.3) is 0 Å². The number of hydrogen-bond donors (Lipinski definition) is 2. The number of hydrogen-bond acceptors (Lipinski definition) is 4. The van der Waals surface area contributed by atoms with Crippen LogP contribution in [0.3, 0.4) is 0 Å². The second-order valence-corrected chi connectivity index (χ2v) is 6.44. The first-order valence-electron chi connectivity index (χ1n) is 6.68. The van der Waals surface area contributed by atoms with Crippen LogP contribution in [0.15, 0.2) is 0 Å². The maximum absolute atomic E-state index is 11.7. The van der Waals surface area contributed by atoms with Crippen LogP contribution < -0.4 is 10.6 Å². The summed E-state index contributed by atoms with van der Waals surface area (Å²) in [6, 6.07) is 0.163. The van der Waals surface area contributed by atoms with Crippen molar-refractivity contribution in [2.24, 2.45) is 0 Å². The molecule has 0 radical (unpaired) electrons. The first kappa shape index (κ1) is 14.6. The molecule has 3 amide bonds. The highest BCUT2D eigenvalue weighted by molar-refractivity contribution is 8.23. The third-order valence-corrected chi connectivity index (χ3v) is 4.83. The first-order chi connectivity index (χ1) is 9.16. The normalized spacial score (nSPS) is 20.7. The second-order valence-electron chi connectivity index (χ2n) is 4.84. The minimum absolute atomic E-state index is 0.0319. The lowest BCUT2D eigenvalue weighted by atomic mass is 9.96. The number of rotatable bonds is 4. The Morgan fingerprint density at radius 3 is 2.74 bits per heavy atom. The van der Waals surface area contributed by atoms with Crippen LogP contribution in [0.1, 0.15) is 32.1 Å². The zero-order valence-electron chi connectivity index (χ0n) is 10.8. The van der Waals surface area contributed by atoms with Crippen molar-refractivity contribution in [1.82, 2.24) is 15.5 Å². The predicted octanol–water partition coefficient (Wildman–Crippen LogP) is 1.48. The average Bonchev–Trinajstić information content (AvgIpc) is 2.71. The molecule has 0 atom stereocenters. The summed E-state index contributed by atoms with van der Waals surface area (Å²) in [4.78, 5) is 24.7. The second kappa shape index (κ2) is 7.09. The highest BCUT2D eigenvalue weighted by Gasteiger charge is 2.26. The van der Waals surface area contributed by atoms with Gasteiger partial charge >= 0.3 is 6.03 Å². The van der Waals surface area contributed by atoms with E-state index in [1.165, 1.54) is 31.0 Å². The molecule has 1 aliphatic carbocycles. The molecular formula is C12H19N3O2S2. The van der Waals surface area contributed by atoms with Crippen LogP contribution in [0.5, 0.6) is 0 Å². The number of thiocarbonyl (C=S) groups is 1. The summed E-state index contributed by atoms with van der Waals surface area (Å²) in [5.41, 5.74) is 0. The van der Waals surface area contributed by atoms with Gasteiger partial charge in [0.05, 0.1) is 5.75 Å². The molecule has 0 spiro atoms. The van der Waals surface area contributed by atoms with Crippen molar-refractivity contribution in [1.29, 1.82) is 0 Å². The van der Waals surface area contributed by atoms with E-state index in [2.05, 4.69) is 10.6 Å². The van der Waals surface area contributed by atoms with Crippen molar-refractivity contribution in [2.45, 2.75) is 38.1 Å². The molecule has 0 bridgehead atoms. The first-order valence-corrected chi connectivity index (χ1v) is 8.07. The third kappa shape index (κ3) is 4.35. The molecule has 0 aromatic heterocycles. The molecule has 0 unspecified atom stereocenters. The van der Waals surface area contributed by atoms with E-state index in [0.717, 1.165) is 12.8 Å². The summed E-state index contributed by atoms with van der Waals surface area (Å²) in [5.74, 6) is 0.456. The van der Waals surface area contributed by atoms with Crippen molar-refractivity contribution < 1.29 is 9.59 Å². The Kier molecular flexibility index (Phi) is 5.45. The Hall–Kier alpha value is -0.820. The van der Waals surface area contributed by atoms with Crippen LogP contribution in [0.25, 0.3) is 0 Å². The summed E-state index contributed by atoms with van der Waals surface area (Å²) < 4.78 is 0.611. The zero-order chi connectivity index (χ0) is 13.7. The van der Waals surface area contributed by atoms with Crippen LogP contribution in [0.2, 0.25) is 0 Å². The lowest BCUT2D eigenvalue weighted by Gasteiger charge is -2.23. The Morgan fingerprint density at radius 1 is 1.37 bits per heavy atom. The number of nitrogens with one attached hydrogen (secondary N) is 2. The molecular weight excluding hydrogens is 282 g/mol. The number of carbonyl (C=O) groups is 2. The van der Waals surface area contributed by atoms with Gasteiger partial charge in [0.1, 0.15) is 4.32 Å². The van der Waals surface area contributed by atoms with Gasteiger partial charge in [-0.25, -0.2) is 4.79 Å². The number of thioether (sulfide) groups is 1. The van der Waals surface area contributed by atoms with Gasteiger partial charge in [0.15, 0.2) is 0 Å². The number of nitrogens with zero attached hydrogens (tertiary/aromatic N) is 1. The molecule has 2 fully saturated rings. The molecule has 2 N–H and O–H groups in total. The Labute approximate surface area is 122 Å². The third-order valence-electron chi connectivity index (χ3n) is 3.40. The molecule has 7 heteroatoms. The molecule has 0 aromatic carbocycles. The molecule has 1 aliphatic heterocycles. The monoisotopic (exact) mass is 301 g/mol. The summed E-state index contributed by atoms with van der Waals surface area (Å²) in [6.45, 7) is 0.897. The highest BCUT2D eigenvalue weighted by atomic mass is 32.2. The van der Waals surface area contributed by atoms with Crippen LogP contribution in [0.4, 0.5) is 4.79 Å². The van der Waals surface area contributed by atoms with Crippen molar-refractivity contribution in [3.05, 3.63) is 0 Å². The summed E-state index contributed by atoms with van der Waals surface area (Å²) in [7, 11) is 0. The van der Waals surface area contributed by atoms with Gasteiger partial charge in [0, 0.05) is 19.1 Å². The number of urea groups is 1. The van der Waals surface area contributed by atoms with Gasteiger partial charge in [-0.15, -0.1) is 0 Å². The lowest BCUT2D eigenvalue weighted by Crippen LogP contribution is -2.45. The molecule has 0 aromatic rings. The average molecular weight is 301 g/mol. The SMILES string of the molecule is O=C(NCCN1C(=O)CSC1=S)NC1CCCCC1. The molecule has 2 rings (SSSR count). The van der Waals surface area contributed by atoms with Crippen LogP contribution in [-0.4, -0.2) is 46.0 Å². The fourth-order valence-corrected chi connectivity index (χ4v) is 3.48. The van der Waals surface area contributed by atoms with Gasteiger partial charge in [0.2, 0.25) is 5.91 Å². The topological polar surface area (TPSA) is 61.4 Å². The van der Waals surface area contributed by atoms with E-state index < -0.39 is 0 Å². The van der Waals surface area contributed by atoms with E-state index in [0.29, 0.717) is 29.2 Å². The van der Waals surface area contributed by atoms with Crippen LogP contribution in [0, 0.1) is 0 Å². The van der Waals surface area contributed by atoms with Crippen molar-refractivity contribution in [2.75, 3.05) is 18.8 Å². The van der Waals surface area contributed by atoms with Gasteiger partial charge in [-0.3, -0.25) is 9.69 Å². The fourth-order valence-electron chi connectivity index (χ4n) is 2.36. The lowest BCUT2D eigenvalue weighted by molar-refractivity contribution is -0.123. The molecule has 2 aliphatic rings. The van der Waals surface area contributed by atoms with E-state index in [-0.39, 0.29) is 11.9 Å². The minimum atomic E-state index is -0.142. The summed E-state index contributed by atoms with van der Waals surface area (Å²) >= 11 is 6.45. The quantitative estimate of drug-likeness (QED) is 0.772. The Bertz CT molecular complexity index is 354. The number of amides is 3. The maximum Gasteiger partial charge on any atom is 0.315 e. The molecule has 1 saturated carbocycles. The van der Waals surface area contributed by atoms with Crippen LogP contribution >= 0.6 is 24.0 Å². The van der Waals surface area contributed by atoms with E-state index in [4.69, 9.17) is 12.2 Å². The summed E-state index contributed by atoms with van der Waals surface area (Å²) in [6.07, 6.45) is 5.79. The highest BCUT2D eigenvalue weighted by Crippen LogP contribution is 2.18. The van der Waals surface area contributed by atoms with Gasteiger partial charge in [-0.2, -0.15) is 0 Å². The van der Waals surface area contributed by atoms with E-state index in [9.17, 15) is 9.59 Å². The molecule has 1 heterocycles. The van der Waals surface area contributed by atoms with Crippen LogP contribution in [-0.2, 0) is 4.79 Å². The predicted molar refractivity (Wildman–Crippen MR) is 80.2 cm³/mol. The number of carbonyl (C=O) groups excluding carboxylic acids is 2. The van der Waals surface area contributed by atoms with Crippen molar-refractivity contribution >= 4 is 40.2 Å². The molecule has 1 saturated heterocycles. The van der Waals surface area contributed by atoms with Crippen molar-refractivity contribution in [3.8, 4) is 0 Å².